The highest BCUT2D eigenvalue weighted by Crippen LogP contribution is 2.77. The fraction of sp³-hybridized carbons (Fsp3) is 0.360. The summed E-state index contributed by atoms with van der Waals surface area (Å²) in [5, 5.41) is 50.6. The molecule has 9 fully saturated rings. The third-order valence-corrected chi connectivity index (χ3v) is 28.1. The Balaban J connectivity index is 0.000000138. The van der Waals surface area contributed by atoms with Crippen LogP contribution in [0.2, 0.25) is 20.6 Å². The fourth-order valence-corrected chi connectivity index (χ4v) is 20.7. The average Bonchev–Trinajstić information content (AvgIpc) is 1.11. The number of ether oxygens (including phenoxy) is 4. The maximum atomic E-state index is 13.7. The van der Waals surface area contributed by atoms with Crippen LogP contribution in [0.25, 0.3) is 45.6 Å². The number of hydrogen-bond donors (Lipinski definition) is 0. The monoisotopic (exact) mass is 2060 g/mol. The molecule has 34 nitrogen and oxygen atoms in total. The first-order valence-corrected chi connectivity index (χ1v) is 46.9. The number of aryl methyl sites for hydroxylation is 4. The van der Waals surface area contributed by atoms with Gasteiger partial charge < -0.3 is 18.9 Å². The zero-order valence-corrected chi connectivity index (χ0v) is 81.7. The molecule has 45 heteroatoms. The molecule has 12 aromatic heterocycles. The summed E-state index contributed by atoms with van der Waals surface area (Å²) in [5.41, 5.74) is 6.47. The summed E-state index contributed by atoms with van der Waals surface area (Å²) < 4.78 is 121. The summed E-state index contributed by atoms with van der Waals surface area (Å²) >= 11 is 24.0. The van der Waals surface area contributed by atoms with E-state index in [0.717, 1.165) is 55.7 Å². The molecule has 22 rings (SSSR count). The van der Waals surface area contributed by atoms with Gasteiger partial charge in [0.05, 0.1) is 119 Å². The van der Waals surface area contributed by atoms with Crippen LogP contribution in [0.5, 0.6) is 0 Å². The Morgan fingerprint density at radius 3 is 0.890 bits per heavy atom. The molecule has 145 heavy (non-hydrogen) atoms. The van der Waals surface area contributed by atoms with Gasteiger partial charge in [-0.05, 0) is 192 Å². The van der Waals surface area contributed by atoms with Crippen LogP contribution in [-0.4, -0.2) is 159 Å². The van der Waals surface area contributed by atoms with Gasteiger partial charge >= 0.3 is 23.9 Å². The van der Waals surface area contributed by atoms with Crippen LogP contribution in [0.15, 0.2) is 147 Å². The van der Waals surface area contributed by atoms with Crippen molar-refractivity contribution in [3.8, 4) is 57.7 Å². The van der Waals surface area contributed by atoms with Gasteiger partial charge in [-0.2, -0.15) is 10.5 Å². The van der Waals surface area contributed by atoms with Crippen molar-refractivity contribution in [3.63, 3.8) is 0 Å². The zero-order valence-electron chi connectivity index (χ0n) is 78.7. The number of hydrogen-bond acceptors (Lipinski definition) is 30. The highest BCUT2D eigenvalue weighted by atomic mass is 35.5. The molecule has 4 atom stereocenters. The minimum absolute atomic E-state index is 0.00252. The lowest BCUT2D eigenvalue weighted by atomic mass is 9.34. The molecule has 0 N–H and O–H groups in total. The summed E-state index contributed by atoms with van der Waals surface area (Å²) in [4.78, 5) is 134. The third-order valence-electron chi connectivity index (χ3n) is 26.8. The molecule has 0 unspecified atom stereocenters. The zero-order chi connectivity index (χ0) is 104. The Morgan fingerprint density at radius 2 is 0.641 bits per heavy atom. The summed E-state index contributed by atoms with van der Waals surface area (Å²) in [6, 6.07) is 29.0. The van der Waals surface area contributed by atoms with Gasteiger partial charge in [-0.3, -0.25) is 77.0 Å². The van der Waals surface area contributed by atoms with E-state index in [-0.39, 0.29) is 126 Å². The number of carbonyl (C=O) groups excluding carboxylic acids is 8. The van der Waals surface area contributed by atoms with E-state index in [0.29, 0.717) is 148 Å². The first-order valence-electron chi connectivity index (χ1n) is 45.4. The topological polar surface area (TPSA) is 447 Å². The lowest BCUT2D eigenvalue weighted by Gasteiger charge is -2.70. The Labute approximate surface area is 842 Å². The van der Waals surface area contributed by atoms with E-state index < -0.39 is 89.1 Å². The van der Waals surface area contributed by atoms with Gasteiger partial charge in [-0.15, -0.1) is 20.4 Å². The number of esters is 4. The van der Waals surface area contributed by atoms with E-state index in [1.54, 1.807) is 129 Å². The number of Topliss-reactive ketones (excluding diaryl/α,β-unsaturated/α-hetero) is 4. The first kappa shape index (κ1) is 103. The number of alkyl halides is 3. The van der Waals surface area contributed by atoms with Gasteiger partial charge in [0.1, 0.15) is 96.7 Å². The normalized spacial score (nSPS) is 20.0. The lowest BCUT2D eigenvalue weighted by Crippen LogP contribution is -2.65. The van der Waals surface area contributed by atoms with Crippen LogP contribution >= 0.6 is 46.4 Å². The summed E-state index contributed by atoms with van der Waals surface area (Å²) in [6.07, 6.45) is 9.55. The molecule has 0 radical (unpaired) electrons. The highest BCUT2D eigenvalue weighted by Gasteiger charge is 2.72. The average molecular weight is 2060 g/mol. The van der Waals surface area contributed by atoms with E-state index in [1.165, 1.54) is 61.7 Å². The standard InChI is InChI=1S/C26H20ClFN6O3.C25H23ClF3N5O3.C25H22ClFN6O3.C24H22ClF2N5O3/c1-15(20-10-19(28)14-31-26(20)27)37-24(36)11-22-25(32-33-34(22)2)21-8-7-18(13-30-21)23(35)9-16-3-5-17(12-29)6-4-16;1-13(16-5-15(27)9-31-22(16)26)37-20(36)6-18-21(32-33-34(18)2)17-4-3-14(8-30-17)19(35)7-24-10-25(11-24,12-24)23(28)29;1-14(17-5-16(27)9-30-23(17)26)36-21(35)6-19-22(31-32-33(19)2)18-4-3-15(8-29-18)20(34)7-24-10-25(11-24,12-24)13-28;1-13(16-5-15(26)9-29-22(16)25)35-20(34)6-18-21(30-31-32(18)2)17-4-3-14(8-28-17)19(33)7-23-10-24(27,11-23)12-23/h3-8,10,13-15H,9,11H2,1-2H3;3-5,8-9,13,23H,6-7,10-12H2,1-2H3;3-5,8-9,14H,6-7,10-12H2,1-2H3;3-5,8-9,13H,6-7,10-12H2,1-2H3/t15-;13-,24?,25?;14-,24?,25?;13-,23?,24?/m1111/s1. The largest absolute Gasteiger partial charge is 0.457 e. The number of ketones is 4. The van der Waals surface area contributed by atoms with E-state index in [1.807, 2.05) is 6.07 Å². The molecule has 0 spiro atoms. The molecule has 9 aliphatic carbocycles. The Bertz CT molecular complexity index is 7270. The number of nitriles is 2. The minimum atomic E-state index is -2.33. The van der Waals surface area contributed by atoms with Crippen molar-refractivity contribution in [2.24, 2.45) is 55.3 Å². The van der Waals surface area contributed by atoms with E-state index in [2.05, 4.69) is 87.2 Å². The predicted molar refractivity (Wildman–Crippen MR) is 502 cm³/mol. The van der Waals surface area contributed by atoms with Gasteiger partial charge in [-0.25, -0.2) is 50.7 Å². The van der Waals surface area contributed by atoms with Crippen molar-refractivity contribution in [3.05, 3.63) is 269 Å². The van der Waals surface area contributed by atoms with Crippen molar-refractivity contribution in [2.45, 2.75) is 173 Å². The molecular weight excluding hydrogens is 1980 g/mol. The molecule has 9 saturated carbocycles. The van der Waals surface area contributed by atoms with Crippen LogP contribution < -0.4 is 0 Å². The van der Waals surface area contributed by atoms with Crippen LogP contribution in [0.1, 0.15) is 227 Å². The van der Waals surface area contributed by atoms with Crippen molar-refractivity contribution in [1.29, 1.82) is 10.5 Å². The molecule has 0 saturated heterocycles. The van der Waals surface area contributed by atoms with E-state index in [9.17, 15) is 74.4 Å². The van der Waals surface area contributed by atoms with Crippen LogP contribution in [0, 0.1) is 73.0 Å². The van der Waals surface area contributed by atoms with Gasteiger partial charge in [0, 0.05) is 129 Å². The van der Waals surface area contributed by atoms with Crippen molar-refractivity contribution < 1.29 is 88.0 Å². The lowest BCUT2D eigenvalue weighted by molar-refractivity contribution is -0.264. The van der Waals surface area contributed by atoms with Gasteiger partial charge in [-0.1, -0.05) is 79.4 Å². The number of pyridine rings is 8. The van der Waals surface area contributed by atoms with Crippen LogP contribution in [0.3, 0.4) is 0 Å². The summed E-state index contributed by atoms with van der Waals surface area (Å²) in [7, 11) is 6.52. The molecule has 12 heterocycles. The second kappa shape index (κ2) is 41.9. The Hall–Kier alpha value is -14.8. The molecule has 0 amide bonds. The van der Waals surface area contributed by atoms with E-state index >= 15 is 0 Å². The first-order chi connectivity index (χ1) is 68.9. The Morgan fingerprint density at radius 1 is 0.372 bits per heavy atom. The molecule has 0 aliphatic heterocycles. The molecule has 746 valence electrons. The maximum Gasteiger partial charge on any atom is 0.312 e. The third kappa shape index (κ3) is 22.7. The van der Waals surface area contributed by atoms with Crippen LogP contribution in [0.4, 0.5) is 30.7 Å². The number of rotatable bonds is 33. The van der Waals surface area contributed by atoms with Gasteiger partial charge in [0.15, 0.2) is 23.1 Å². The van der Waals surface area contributed by atoms with Crippen LogP contribution in [-0.2, 0) is 98.4 Å². The highest BCUT2D eigenvalue weighted by molar-refractivity contribution is 6.31. The predicted octanol–water partition coefficient (Wildman–Crippen LogP) is 17.7. The molecule has 13 aromatic rings. The second-order valence-electron chi connectivity index (χ2n) is 37.6. The Kier molecular flexibility index (Phi) is 29.8. The molecule has 9 aliphatic rings. The van der Waals surface area contributed by atoms with Gasteiger partial charge in [0.2, 0.25) is 6.43 Å². The molecular formula is C100H87Cl4F7N22O12. The molecule has 6 bridgehead atoms. The SMILES string of the molecule is C[C@@H](OC(=O)Cc1c(-c2ccc(C(=O)CC34CC(C#N)(C3)C4)cn2)nnn1C)c1cc(F)cnc1Cl.C[C@@H](OC(=O)Cc1c(-c2ccc(C(=O)CC34CC(C(F)F)(C3)C4)cn2)nnn1C)c1cc(F)cnc1Cl.C[C@@H](OC(=O)Cc1c(-c2ccc(C(=O)CC34CC(F)(C3)C4)cn2)nnn1C)c1cc(F)cnc1Cl.C[C@@H](OC(=O)Cc1c(-c2ccc(C(=O)Cc3ccc(C#N)cc3)cn2)nnn1C)c1cc(F)cnc1Cl. The quantitative estimate of drug-likeness (QED) is 0.0121. The van der Waals surface area contributed by atoms with Crippen molar-refractivity contribution in [1.82, 2.24) is 99.8 Å². The van der Waals surface area contributed by atoms with Crippen molar-refractivity contribution >= 4 is 93.4 Å². The fourth-order valence-electron chi connectivity index (χ4n) is 19.7. The minimum Gasteiger partial charge on any atom is -0.457 e. The second-order valence-corrected chi connectivity index (χ2v) is 39.1. The van der Waals surface area contributed by atoms with Gasteiger partial charge in [0.25, 0.3) is 0 Å². The number of carbonyl (C=O) groups is 8. The number of nitrogens with zero attached hydrogens (tertiary/aromatic N) is 22. The van der Waals surface area contributed by atoms with E-state index in [4.69, 9.17) is 70.6 Å². The molecule has 1 aromatic carbocycles. The number of aromatic nitrogens is 20. The maximum absolute atomic E-state index is 13.7. The number of benzene rings is 1. The number of halogens is 11. The van der Waals surface area contributed by atoms with Crippen molar-refractivity contribution in [2.75, 3.05) is 0 Å². The summed E-state index contributed by atoms with van der Waals surface area (Å²) in [6.45, 7) is 6.27. The summed E-state index contributed by atoms with van der Waals surface area (Å²) in [5.74, 6) is -5.10. The smallest absolute Gasteiger partial charge is 0.312 e.